The fraction of sp³-hybridized carbons (Fsp3) is 0.118. The smallest absolute Gasteiger partial charge is 0.321 e. The lowest BCUT2D eigenvalue weighted by atomic mass is 10.1. The molecule has 2 aromatic rings. The minimum absolute atomic E-state index is 0.0657. The highest BCUT2D eigenvalue weighted by atomic mass is 16.5. The van der Waals surface area contributed by atoms with E-state index in [2.05, 4.69) is 10.6 Å². The first-order valence-corrected chi connectivity index (χ1v) is 7.23. The summed E-state index contributed by atoms with van der Waals surface area (Å²) in [7, 11) is 0. The maximum absolute atomic E-state index is 11.8. The van der Waals surface area contributed by atoms with Gasteiger partial charge in [0.2, 0.25) is 5.91 Å². The van der Waals surface area contributed by atoms with Crippen LogP contribution in [0.3, 0.4) is 0 Å². The lowest BCUT2D eigenvalue weighted by Crippen LogP contribution is -2.39. The number of carbonyl (C=O) groups is 3. The Hall–Kier alpha value is -3.19. The molecule has 7 heteroatoms. The van der Waals surface area contributed by atoms with Crippen molar-refractivity contribution in [3.63, 3.8) is 0 Å². The van der Waals surface area contributed by atoms with Gasteiger partial charge in [0.1, 0.15) is 0 Å². The largest absolute Gasteiger partial charge is 0.334 e. The van der Waals surface area contributed by atoms with Gasteiger partial charge in [0.25, 0.3) is 5.91 Å². The van der Waals surface area contributed by atoms with Crippen molar-refractivity contribution in [3.8, 4) is 0 Å². The molecular weight excluding hydrogens is 310 g/mol. The number of nitrogens with one attached hydrogen (secondary N) is 3. The predicted octanol–water partition coefficient (Wildman–Crippen LogP) is 1.37. The molecule has 0 saturated heterocycles. The van der Waals surface area contributed by atoms with Crippen LogP contribution in [0.15, 0.2) is 54.6 Å². The van der Waals surface area contributed by atoms with E-state index < -0.39 is 17.8 Å². The van der Waals surface area contributed by atoms with E-state index in [1.165, 1.54) is 0 Å². The third kappa shape index (κ3) is 5.22. The van der Waals surface area contributed by atoms with Crippen molar-refractivity contribution < 1.29 is 19.6 Å². The molecule has 0 aliphatic carbocycles. The minimum atomic E-state index is -0.590. The molecule has 0 atom stereocenters. The first kappa shape index (κ1) is 17.2. The second-order valence-electron chi connectivity index (χ2n) is 5.03. The SMILES string of the molecule is O=C(Cc1ccc(CNC(=O)NC(=O)c2ccccc2)cc1)NO. The molecule has 0 unspecified atom stereocenters. The van der Waals surface area contributed by atoms with E-state index in [-0.39, 0.29) is 13.0 Å². The van der Waals surface area contributed by atoms with E-state index in [4.69, 9.17) is 5.21 Å². The summed E-state index contributed by atoms with van der Waals surface area (Å²) in [5, 5.41) is 13.3. The number of benzene rings is 2. The van der Waals surface area contributed by atoms with Crippen LogP contribution in [0.5, 0.6) is 0 Å². The second-order valence-corrected chi connectivity index (χ2v) is 5.03. The van der Waals surface area contributed by atoms with E-state index in [9.17, 15) is 14.4 Å². The molecule has 124 valence electrons. The Balaban J connectivity index is 1.81. The van der Waals surface area contributed by atoms with Crippen LogP contribution >= 0.6 is 0 Å². The number of imide groups is 1. The number of rotatable bonds is 5. The molecule has 0 radical (unpaired) electrons. The third-order valence-corrected chi connectivity index (χ3v) is 3.23. The van der Waals surface area contributed by atoms with Gasteiger partial charge in [-0.3, -0.25) is 20.1 Å². The lowest BCUT2D eigenvalue weighted by Gasteiger charge is -2.07. The standard InChI is InChI=1S/C17H17N3O4/c21-15(20-24)10-12-6-8-13(9-7-12)11-18-17(23)19-16(22)14-4-2-1-3-5-14/h1-9,24H,10-11H2,(H,20,21)(H2,18,19,22,23). The van der Waals surface area contributed by atoms with E-state index in [0.29, 0.717) is 5.56 Å². The summed E-state index contributed by atoms with van der Waals surface area (Å²) < 4.78 is 0. The number of urea groups is 1. The van der Waals surface area contributed by atoms with Gasteiger partial charge in [-0.25, -0.2) is 10.3 Å². The molecule has 2 aromatic carbocycles. The highest BCUT2D eigenvalue weighted by Gasteiger charge is 2.09. The third-order valence-electron chi connectivity index (χ3n) is 3.23. The Morgan fingerprint density at radius 2 is 1.50 bits per heavy atom. The lowest BCUT2D eigenvalue weighted by molar-refractivity contribution is -0.128. The summed E-state index contributed by atoms with van der Waals surface area (Å²) in [6, 6.07) is 14.8. The van der Waals surface area contributed by atoms with Crippen LogP contribution in [0.4, 0.5) is 4.79 Å². The monoisotopic (exact) mass is 327 g/mol. The van der Waals surface area contributed by atoms with Crippen molar-refractivity contribution in [1.29, 1.82) is 0 Å². The van der Waals surface area contributed by atoms with Gasteiger partial charge in [0, 0.05) is 12.1 Å². The molecule has 0 fully saturated rings. The van der Waals surface area contributed by atoms with Gasteiger partial charge in [-0.05, 0) is 23.3 Å². The van der Waals surface area contributed by atoms with Crippen molar-refractivity contribution in [2.24, 2.45) is 0 Å². The van der Waals surface area contributed by atoms with Crippen LogP contribution in [0.25, 0.3) is 0 Å². The summed E-state index contributed by atoms with van der Waals surface area (Å²) in [5.41, 5.74) is 3.51. The number of carbonyl (C=O) groups excluding carboxylic acids is 3. The summed E-state index contributed by atoms with van der Waals surface area (Å²) in [4.78, 5) is 34.6. The minimum Gasteiger partial charge on any atom is -0.334 e. The van der Waals surface area contributed by atoms with Gasteiger partial charge < -0.3 is 5.32 Å². The summed E-state index contributed by atoms with van der Waals surface area (Å²) >= 11 is 0. The number of amides is 4. The quantitative estimate of drug-likeness (QED) is 0.491. The van der Waals surface area contributed by atoms with Crippen LogP contribution in [-0.4, -0.2) is 23.1 Å². The van der Waals surface area contributed by atoms with Crippen molar-refractivity contribution >= 4 is 17.8 Å². The molecule has 0 bridgehead atoms. The fourth-order valence-corrected chi connectivity index (χ4v) is 1.99. The van der Waals surface area contributed by atoms with E-state index in [1.54, 1.807) is 60.1 Å². The Kier molecular flexibility index (Phi) is 6.04. The molecule has 4 amide bonds. The molecule has 7 nitrogen and oxygen atoms in total. The molecule has 0 spiro atoms. The number of hydroxylamine groups is 1. The van der Waals surface area contributed by atoms with E-state index in [0.717, 1.165) is 11.1 Å². The van der Waals surface area contributed by atoms with Crippen LogP contribution in [0.2, 0.25) is 0 Å². The Morgan fingerprint density at radius 1 is 0.875 bits per heavy atom. The van der Waals surface area contributed by atoms with Gasteiger partial charge in [0.05, 0.1) is 6.42 Å². The molecule has 4 N–H and O–H groups in total. The van der Waals surface area contributed by atoms with Gasteiger partial charge in [-0.15, -0.1) is 0 Å². The average Bonchev–Trinajstić information content (AvgIpc) is 2.61. The van der Waals surface area contributed by atoms with Gasteiger partial charge in [-0.2, -0.15) is 0 Å². The Labute approximate surface area is 138 Å². The van der Waals surface area contributed by atoms with Gasteiger partial charge in [-0.1, -0.05) is 42.5 Å². The molecule has 0 aromatic heterocycles. The van der Waals surface area contributed by atoms with Crippen molar-refractivity contribution in [3.05, 3.63) is 71.3 Å². The Morgan fingerprint density at radius 3 is 2.12 bits per heavy atom. The molecule has 0 aliphatic heterocycles. The molecule has 0 aliphatic rings. The molecular formula is C17H17N3O4. The fourth-order valence-electron chi connectivity index (χ4n) is 1.99. The molecule has 2 rings (SSSR count). The van der Waals surface area contributed by atoms with E-state index in [1.807, 2.05) is 0 Å². The summed E-state index contributed by atoms with van der Waals surface area (Å²) in [6.45, 7) is 0.236. The van der Waals surface area contributed by atoms with Crippen LogP contribution in [0.1, 0.15) is 21.5 Å². The maximum Gasteiger partial charge on any atom is 0.321 e. The van der Waals surface area contributed by atoms with Crippen molar-refractivity contribution in [2.75, 3.05) is 0 Å². The zero-order chi connectivity index (χ0) is 17.4. The van der Waals surface area contributed by atoms with Crippen LogP contribution in [-0.2, 0) is 17.8 Å². The zero-order valence-electron chi connectivity index (χ0n) is 12.8. The predicted molar refractivity (Wildman–Crippen MR) is 86.2 cm³/mol. The van der Waals surface area contributed by atoms with Gasteiger partial charge >= 0.3 is 6.03 Å². The summed E-state index contributed by atoms with van der Waals surface area (Å²) in [5.74, 6) is -0.974. The average molecular weight is 327 g/mol. The van der Waals surface area contributed by atoms with Crippen molar-refractivity contribution in [1.82, 2.24) is 16.1 Å². The molecule has 0 saturated carbocycles. The van der Waals surface area contributed by atoms with Gasteiger partial charge in [0.15, 0.2) is 0 Å². The Bertz CT molecular complexity index is 714. The first-order chi connectivity index (χ1) is 11.6. The highest BCUT2D eigenvalue weighted by Crippen LogP contribution is 2.05. The normalized spacial score (nSPS) is 9.88. The van der Waals surface area contributed by atoms with Crippen LogP contribution in [0, 0.1) is 0 Å². The highest BCUT2D eigenvalue weighted by molar-refractivity contribution is 6.04. The summed E-state index contributed by atoms with van der Waals surface area (Å²) in [6.07, 6.45) is 0.0657. The maximum atomic E-state index is 11.8. The first-order valence-electron chi connectivity index (χ1n) is 7.23. The second kappa shape index (κ2) is 8.44. The van der Waals surface area contributed by atoms with Crippen molar-refractivity contribution in [2.45, 2.75) is 13.0 Å². The number of hydrogen-bond acceptors (Lipinski definition) is 4. The molecule has 0 heterocycles. The number of hydrogen-bond donors (Lipinski definition) is 4. The van der Waals surface area contributed by atoms with Crippen LogP contribution < -0.4 is 16.1 Å². The zero-order valence-corrected chi connectivity index (χ0v) is 12.8. The topological polar surface area (TPSA) is 108 Å². The molecule has 24 heavy (non-hydrogen) atoms. The van der Waals surface area contributed by atoms with E-state index >= 15 is 0 Å².